The summed E-state index contributed by atoms with van der Waals surface area (Å²) in [5, 5.41) is 2.78. The number of hydrogen-bond donors (Lipinski definition) is 1. The molecule has 0 bridgehead atoms. The summed E-state index contributed by atoms with van der Waals surface area (Å²) in [4.78, 5) is 14.9. The molecule has 1 N–H and O–H groups in total. The summed E-state index contributed by atoms with van der Waals surface area (Å²) >= 11 is 0. The lowest BCUT2D eigenvalue weighted by Crippen LogP contribution is -2.49. The van der Waals surface area contributed by atoms with Crippen LogP contribution < -0.4 is 10.1 Å². The number of hydrogen-bond acceptors (Lipinski definition) is 5. The molecule has 4 aromatic rings. The maximum Gasteiger partial charge on any atom is 0.248 e. The van der Waals surface area contributed by atoms with Crippen LogP contribution in [0.15, 0.2) is 120 Å². The summed E-state index contributed by atoms with van der Waals surface area (Å²) in [6, 6.07) is 34.4. The molecule has 4 aromatic carbocycles. The SMILES string of the molecule is COc1ccc(/C=C/C(=O)Nc2ccc(S(=O)(=O)N3CCN(C(c4ccccc4)c4ccccc4)CC3)cc2)cc1. The fraction of sp³-hybridized carbons (Fsp3) is 0.182. The molecule has 5 rings (SSSR count). The van der Waals surface area contributed by atoms with Gasteiger partial charge in [0.15, 0.2) is 0 Å². The largest absolute Gasteiger partial charge is 0.497 e. The Morgan fingerprint density at radius 3 is 1.88 bits per heavy atom. The van der Waals surface area contributed by atoms with E-state index in [-0.39, 0.29) is 16.8 Å². The highest BCUT2D eigenvalue weighted by Gasteiger charge is 2.32. The first-order chi connectivity index (χ1) is 19.9. The number of benzene rings is 4. The molecular formula is C33H33N3O4S. The monoisotopic (exact) mass is 567 g/mol. The van der Waals surface area contributed by atoms with Crippen molar-refractivity contribution in [3.8, 4) is 5.75 Å². The number of carbonyl (C=O) groups excluding carboxylic acids is 1. The van der Waals surface area contributed by atoms with Crippen molar-refractivity contribution >= 4 is 27.7 Å². The molecule has 0 aromatic heterocycles. The lowest BCUT2D eigenvalue weighted by Gasteiger charge is -2.39. The Hall–Kier alpha value is -4.24. The summed E-state index contributed by atoms with van der Waals surface area (Å²) < 4.78 is 33.6. The van der Waals surface area contributed by atoms with Crippen molar-refractivity contribution in [1.29, 1.82) is 0 Å². The van der Waals surface area contributed by atoms with Crippen LogP contribution in [0.2, 0.25) is 0 Å². The first-order valence-electron chi connectivity index (χ1n) is 13.5. The van der Waals surface area contributed by atoms with Crippen molar-refractivity contribution in [2.24, 2.45) is 0 Å². The number of ether oxygens (including phenoxy) is 1. The molecule has 1 saturated heterocycles. The normalized spacial score (nSPS) is 14.8. The van der Waals surface area contributed by atoms with E-state index in [1.54, 1.807) is 41.8 Å². The quantitative estimate of drug-likeness (QED) is 0.273. The molecular weight excluding hydrogens is 534 g/mol. The van der Waals surface area contributed by atoms with E-state index in [2.05, 4.69) is 34.5 Å². The predicted molar refractivity (Wildman–Crippen MR) is 162 cm³/mol. The van der Waals surface area contributed by atoms with Crippen molar-refractivity contribution in [2.75, 3.05) is 38.6 Å². The Morgan fingerprint density at radius 2 is 1.34 bits per heavy atom. The molecule has 0 atom stereocenters. The maximum atomic E-state index is 13.4. The number of sulfonamides is 1. The van der Waals surface area contributed by atoms with Crippen LogP contribution in [-0.2, 0) is 14.8 Å². The molecule has 1 amide bonds. The fourth-order valence-corrected chi connectivity index (χ4v) is 6.44. The molecule has 7 nitrogen and oxygen atoms in total. The van der Waals surface area contributed by atoms with Gasteiger partial charge in [0, 0.05) is 37.9 Å². The fourth-order valence-electron chi connectivity index (χ4n) is 5.02. The first-order valence-corrected chi connectivity index (χ1v) is 15.0. The van der Waals surface area contributed by atoms with Gasteiger partial charge in [0.25, 0.3) is 0 Å². The highest BCUT2D eigenvalue weighted by Crippen LogP contribution is 2.30. The van der Waals surface area contributed by atoms with Gasteiger partial charge in [0.05, 0.1) is 18.0 Å². The van der Waals surface area contributed by atoms with Gasteiger partial charge in [-0.05, 0) is 59.2 Å². The van der Waals surface area contributed by atoms with E-state index in [1.165, 1.54) is 17.2 Å². The minimum absolute atomic E-state index is 0.0592. The van der Waals surface area contributed by atoms with Gasteiger partial charge < -0.3 is 10.1 Å². The topological polar surface area (TPSA) is 78.9 Å². The summed E-state index contributed by atoms with van der Waals surface area (Å²) in [6.45, 7) is 2.02. The van der Waals surface area contributed by atoms with Gasteiger partial charge in [0.1, 0.15) is 5.75 Å². The number of nitrogens with one attached hydrogen (secondary N) is 1. The highest BCUT2D eigenvalue weighted by atomic mass is 32.2. The molecule has 1 heterocycles. The van der Waals surface area contributed by atoms with Gasteiger partial charge in [-0.3, -0.25) is 9.69 Å². The second-order valence-corrected chi connectivity index (χ2v) is 11.7. The van der Waals surface area contributed by atoms with E-state index >= 15 is 0 Å². The van der Waals surface area contributed by atoms with Crippen LogP contribution >= 0.6 is 0 Å². The summed E-state index contributed by atoms with van der Waals surface area (Å²) in [6.07, 6.45) is 3.14. The molecule has 1 aliphatic rings. The van der Waals surface area contributed by atoms with Crippen molar-refractivity contribution in [2.45, 2.75) is 10.9 Å². The van der Waals surface area contributed by atoms with E-state index in [4.69, 9.17) is 4.74 Å². The Kier molecular flexibility index (Phi) is 8.94. The summed E-state index contributed by atoms with van der Waals surface area (Å²) in [5.74, 6) is 0.436. The third-order valence-corrected chi connectivity index (χ3v) is 9.08. The van der Waals surface area contributed by atoms with Gasteiger partial charge in [0.2, 0.25) is 15.9 Å². The van der Waals surface area contributed by atoms with Gasteiger partial charge in [-0.25, -0.2) is 8.42 Å². The van der Waals surface area contributed by atoms with Crippen LogP contribution in [0.4, 0.5) is 5.69 Å². The summed E-state index contributed by atoms with van der Waals surface area (Å²) in [5.41, 5.74) is 3.76. The zero-order valence-corrected chi connectivity index (χ0v) is 23.7. The number of rotatable bonds is 9. The van der Waals surface area contributed by atoms with Gasteiger partial charge >= 0.3 is 0 Å². The van der Waals surface area contributed by atoms with E-state index in [0.29, 0.717) is 31.9 Å². The van der Waals surface area contributed by atoms with E-state index < -0.39 is 10.0 Å². The first kappa shape index (κ1) is 28.3. The molecule has 0 unspecified atom stereocenters. The average molecular weight is 568 g/mol. The molecule has 0 radical (unpaired) electrons. The van der Waals surface area contributed by atoms with Gasteiger partial charge in [-0.15, -0.1) is 0 Å². The van der Waals surface area contributed by atoms with Gasteiger partial charge in [-0.1, -0.05) is 72.8 Å². The van der Waals surface area contributed by atoms with E-state index in [1.807, 2.05) is 60.7 Å². The average Bonchev–Trinajstić information content (AvgIpc) is 3.02. The lowest BCUT2D eigenvalue weighted by atomic mass is 9.96. The summed E-state index contributed by atoms with van der Waals surface area (Å²) in [7, 11) is -2.07. The number of anilines is 1. The third-order valence-electron chi connectivity index (χ3n) is 7.17. The minimum Gasteiger partial charge on any atom is -0.497 e. The van der Waals surface area contributed by atoms with Crippen molar-refractivity contribution < 1.29 is 17.9 Å². The standard InChI is InChI=1S/C33H33N3O4S/c1-40-30-17-12-26(13-18-30)14-21-32(37)34-29-15-19-31(20-16-29)41(38,39)36-24-22-35(23-25-36)33(27-8-4-2-5-9-27)28-10-6-3-7-11-28/h2-21,33H,22-25H2,1H3,(H,34,37)/b21-14+. The Morgan fingerprint density at radius 1 is 0.780 bits per heavy atom. The van der Waals surface area contributed by atoms with Crippen LogP contribution in [0.3, 0.4) is 0 Å². The third kappa shape index (κ3) is 6.92. The second-order valence-electron chi connectivity index (χ2n) is 9.78. The molecule has 1 aliphatic heterocycles. The zero-order valence-electron chi connectivity index (χ0n) is 22.9. The Balaban J connectivity index is 1.21. The molecule has 0 spiro atoms. The molecule has 210 valence electrons. The Bertz CT molecular complexity index is 1530. The number of methoxy groups -OCH3 is 1. The lowest BCUT2D eigenvalue weighted by molar-refractivity contribution is -0.111. The van der Waals surface area contributed by atoms with Crippen molar-refractivity contribution in [3.05, 3.63) is 132 Å². The van der Waals surface area contributed by atoms with Gasteiger partial charge in [-0.2, -0.15) is 4.31 Å². The molecule has 1 fully saturated rings. The molecule has 41 heavy (non-hydrogen) atoms. The molecule has 8 heteroatoms. The van der Waals surface area contributed by atoms with Crippen LogP contribution in [0.25, 0.3) is 6.08 Å². The van der Waals surface area contributed by atoms with E-state index in [9.17, 15) is 13.2 Å². The van der Waals surface area contributed by atoms with E-state index in [0.717, 1.165) is 11.3 Å². The maximum absolute atomic E-state index is 13.4. The number of nitrogens with zero attached hydrogens (tertiary/aromatic N) is 2. The highest BCUT2D eigenvalue weighted by molar-refractivity contribution is 7.89. The predicted octanol–water partition coefficient (Wildman–Crippen LogP) is 5.44. The van der Waals surface area contributed by atoms with Crippen molar-refractivity contribution in [3.63, 3.8) is 0 Å². The van der Waals surface area contributed by atoms with Crippen LogP contribution in [-0.4, -0.2) is 56.8 Å². The second kappa shape index (κ2) is 13.0. The molecule has 0 aliphatic carbocycles. The van der Waals surface area contributed by atoms with Crippen LogP contribution in [0.1, 0.15) is 22.7 Å². The van der Waals surface area contributed by atoms with Crippen LogP contribution in [0.5, 0.6) is 5.75 Å². The number of carbonyl (C=O) groups is 1. The molecule has 0 saturated carbocycles. The van der Waals surface area contributed by atoms with Crippen molar-refractivity contribution in [1.82, 2.24) is 9.21 Å². The van der Waals surface area contributed by atoms with Crippen LogP contribution in [0, 0.1) is 0 Å². The minimum atomic E-state index is -3.67. The smallest absolute Gasteiger partial charge is 0.248 e. The number of piperazine rings is 1. The Labute approximate surface area is 241 Å². The number of amides is 1. The zero-order chi connectivity index (χ0) is 28.7.